The highest BCUT2D eigenvalue weighted by Gasteiger charge is 2.22. The van der Waals surface area contributed by atoms with Gasteiger partial charge in [0.05, 0.1) is 0 Å². The third kappa shape index (κ3) is 5.90. The van der Waals surface area contributed by atoms with Crippen molar-refractivity contribution in [1.29, 1.82) is 0 Å². The monoisotopic (exact) mass is 239 g/mol. The Morgan fingerprint density at radius 2 is 1.88 bits per heavy atom. The molecule has 3 unspecified atom stereocenters. The lowest BCUT2D eigenvalue weighted by Crippen LogP contribution is -2.41. The summed E-state index contributed by atoms with van der Waals surface area (Å²) in [4.78, 5) is 0. The molecule has 1 rings (SSSR count). The third-order valence-corrected chi connectivity index (χ3v) is 4.37. The van der Waals surface area contributed by atoms with Crippen LogP contribution in [0.15, 0.2) is 0 Å². The van der Waals surface area contributed by atoms with E-state index in [0.29, 0.717) is 0 Å². The van der Waals surface area contributed by atoms with E-state index in [4.69, 9.17) is 0 Å². The Labute approximate surface area is 109 Å². The molecule has 3 atom stereocenters. The highest BCUT2D eigenvalue weighted by molar-refractivity contribution is 4.80. The van der Waals surface area contributed by atoms with Crippen LogP contribution >= 0.6 is 0 Å². The number of hydrogen-bond donors (Lipinski definition) is 1. The van der Waals surface area contributed by atoms with Crippen LogP contribution in [0, 0.1) is 5.92 Å². The van der Waals surface area contributed by atoms with Crippen molar-refractivity contribution in [2.24, 2.45) is 5.92 Å². The van der Waals surface area contributed by atoms with Gasteiger partial charge in [-0.25, -0.2) is 0 Å². The fourth-order valence-electron chi connectivity index (χ4n) is 3.26. The second-order valence-corrected chi connectivity index (χ2v) is 5.93. The Hall–Kier alpha value is -0.0400. The molecule has 0 amide bonds. The first-order valence-electron chi connectivity index (χ1n) is 8.06. The Morgan fingerprint density at radius 1 is 1.06 bits per heavy atom. The van der Waals surface area contributed by atoms with Crippen LogP contribution < -0.4 is 5.32 Å². The molecule has 1 aliphatic carbocycles. The SMILES string of the molecule is CCCCC(CCC)NC1CCCC(CC)C1. The standard InChI is InChI=1S/C16H33N/c1-4-7-11-15(9-5-2)17-16-12-8-10-14(6-3)13-16/h14-17H,4-13H2,1-3H3. The predicted octanol–water partition coefficient (Wildman–Crippen LogP) is 4.90. The minimum absolute atomic E-state index is 0.792. The van der Waals surface area contributed by atoms with Gasteiger partial charge in [-0.15, -0.1) is 0 Å². The average molecular weight is 239 g/mol. The van der Waals surface area contributed by atoms with E-state index < -0.39 is 0 Å². The third-order valence-electron chi connectivity index (χ3n) is 4.37. The zero-order valence-electron chi connectivity index (χ0n) is 12.3. The van der Waals surface area contributed by atoms with Crippen molar-refractivity contribution >= 4 is 0 Å². The Balaban J connectivity index is 2.31. The van der Waals surface area contributed by atoms with Gasteiger partial charge in [0, 0.05) is 12.1 Å². The normalized spacial score (nSPS) is 27.0. The van der Waals surface area contributed by atoms with Crippen molar-refractivity contribution in [2.45, 2.75) is 97.1 Å². The maximum Gasteiger partial charge on any atom is 0.00722 e. The molecule has 0 bridgehead atoms. The summed E-state index contributed by atoms with van der Waals surface area (Å²) in [5.74, 6) is 0.995. The van der Waals surface area contributed by atoms with Crippen LogP contribution in [0.25, 0.3) is 0 Å². The van der Waals surface area contributed by atoms with Crippen molar-refractivity contribution in [2.75, 3.05) is 0 Å². The van der Waals surface area contributed by atoms with Gasteiger partial charge in [0.2, 0.25) is 0 Å². The van der Waals surface area contributed by atoms with Gasteiger partial charge in [-0.2, -0.15) is 0 Å². The van der Waals surface area contributed by atoms with Crippen LogP contribution in [-0.2, 0) is 0 Å². The van der Waals surface area contributed by atoms with E-state index in [1.54, 1.807) is 0 Å². The molecule has 0 aromatic carbocycles. The molecule has 0 saturated heterocycles. The lowest BCUT2D eigenvalue weighted by molar-refractivity contribution is 0.251. The molecule has 0 heterocycles. The first kappa shape index (κ1) is 15.0. The van der Waals surface area contributed by atoms with Crippen LogP contribution in [0.4, 0.5) is 0 Å². The van der Waals surface area contributed by atoms with Gasteiger partial charge >= 0.3 is 0 Å². The van der Waals surface area contributed by atoms with E-state index in [1.165, 1.54) is 64.2 Å². The highest BCUT2D eigenvalue weighted by Crippen LogP contribution is 2.27. The van der Waals surface area contributed by atoms with Crippen molar-refractivity contribution in [1.82, 2.24) is 5.32 Å². The van der Waals surface area contributed by atoms with Crippen molar-refractivity contribution < 1.29 is 0 Å². The van der Waals surface area contributed by atoms with Gasteiger partial charge in [-0.3, -0.25) is 0 Å². The molecule has 1 heteroatoms. The largest absolute Gasteiger partial charge is 0.311 e. The topological polar surface area (TPSA) is 12.0 Å². The molecule has 0 spiro atoms. The second-order valence-electron chi connectivity index (χ2n) is 5.93. The molecule has 0 radical (unpaired) electrons. The summed E-state index contributed by atoms with van der Waals surface area (Å²) in [6.45, 7) is 6.97. The molecule has 0 aliphatic heterocycles. The Kier molecular flexibility index (Phi) is 7.92. The highest BCUT2D eigenvalue weighted by atomic mass is 14.9. The Morgan fingerprint density at radius 3 is 2.53 bits per heavy atom. The van der Waals surface area contributed by atoms with Gasteiger partial charge in [-0.1, -0.05) is 59.3 Å². The van der Waals surface area contributed by atoms with Crippen LogP contribution in [0.5, 0.6) is 0 Å². The number of unbranched alkanes of at least 4 members (excludes halogenated alkanes) is 1. The maximum atomic E-state index is 3.96. The summed E-state index contributed by atoms with van der Waals surface area (Å²) in [5, 5.41) is 3.96. The minimum atomic E-state index is 0.792. The maximum absolute atomic E-state index is 3.96. The van der Waals surface area contributed by atoms with Gasteiger partial charge < -0.3 is 5.32 Å². The predicted molar refractivity (Wildman–Crippen MR) is 77.4 cm³/mol. The molecular formula is C16H33N. The first-order valence-corrected chi connectivity index (χ1v) is 8.06. The molecule has 1 nitrogen and oxygen atoms in total. The lowest BCUT2D eigenvalue weighted by atomic mass is 9.83. The molecule has 102 valence electrons. The number of rotatable bonds is 8. The van der Waals surface area contributed by atoms with Gasteiger partial charge in [0.1, 0.15) is 0 Å². The molecular weight excluding hydrogens is 206 g/mol. The van der Waals surface area contributed by atoms with Crippen LogP contribution in [0.1, 0.15) is 85.0 Å². The molecule has 1 aliphatic rings. The summed E-state index contributed by atoms with van der Waals surface area (Å²) >= 11 is 0. The molecule has 1 fully saturated rings. The fraction of sp³-hybridized carbons (Fsp3) is 1.00. The van der Waals surface area contributed by atoms with Crippen molar-refractivity contribution in [3.05, 3.63) is 0 Å². The summed E-state index contributed by atoms with van der Waals surface area (Å²) in [6.07, 6.45) is 14.0. The smallest absolute Gasteiger partial charge is 0.00722 e. The zero-order chi connectivity index (χ0) is 12.5. The molecule has 1 saturated carbocycles. The fourth-order valence-corrected chi connectivity index (χ4v) is 3.26. The molecule has 0 aromatic heterocycles. The van der Waals surface area contributed by atoms with Crippen LogP contribution in [0.3, 0.4) is 0 Å². The quantitative estimate of drug-likeness (QED) is 0.635. The summed E-state index contributed by atoms with van der Waals surface area (Å²) in [6, 6.07) is 1.61. The second kappa shape index (κ2) is 8.97. The summed E-state index contributed by atoms with van der Waals surface area (Å²) in [7, 11) is 0. The van der Waals surface area contributed by atoms with Gasteiger partial charge in [0.25, 0.3) is 0 Å². The Bertz CT molecular complexity index is 176. The van der Waals surface area contributed by atoms with Crippen molar-refractivity contribution in [3.8, 4) is 0 Å². The molecule has 1 N–H and O–H groups in total. The van der Waals surface area contributed by atoms with Gasteiger partial charge in [-0.05, 0) is 31.6 Å². The molecule has 17 heavy (non-hydrogen) atoms. The van der Waals surface area contributed by atoms with E-state index in [1.807, 2.05) is 0 Å². The van der Waals surface area contributed by atoms with Crippen LogP contribution in [-0.4, -0.2) is 12.1 Å². The average Bonchev–Trinajstić information content (AvgIpc) is 2.36. The van der Waals surface area contributed by atoms with E-state index in [2.05, 4.69) is 26.1 Å². The number of hydrogen-bond acceptors (Lipinski definition) is 1. The van der Waals surface area contributed by atoms with Crippen molar-refractivity contribution in [3.63, 3.8) is 0 Å². The van der Waals surface area contributed by atoms with Crippen LogP contribution in [0.2, 0.25) is 0 Å². The van der Waals surface area contributed by atoms with E-state index in [-0.39, 0.29) is 0 Å². The van der Waals surface area contributed by atoms with Gasteiger partial charge in [0.15, 0.2) is 0 Å². The number of nitrogens with one attached hydrogen (secondary N) is 1. The molecule has 0 aromatic rings. The first-order chi connectivity index (χ1) is 8.30. The van der Waals surface area contributed by atoms with E-state index in [0.717, 1.165) is 18.0 Å². The lowest BCUT2D eigenvalue weighted by Gasteiger charge is -2.32. The van der Waals surface area contributed by atoms with E-state index >= 15 is 0 Å². The summed E-state index contributed by atoms with van der Waals surface area (Å²) < 4.78 is 0. The summed E-state index contributed by atoms with van der Waals surface area (Å²) in [5.41, 5.74) is 0. The zero-order valence-corrected chi connectivity index (χ0v) is 12.3. The minimum Gasteiger partial charge on any atom is -0.311 e. The van der Waals surface area contributed by atoms with E-state index in [9.17, 15) is 0 Å².